The minimum absolute atomic E-state index is 0.0720. The largest absolute Gasteiger partial charge is 0.373 e. The predicted molar refractivity (Wildman–Crippen MR) is 80.7 cm³/mol. The molecule has 3 heteroatoms. The monoisotopic (exact) mass is 271 g/mol. The van der Waals surface area contributed by atoms with Gasteiger partial charge in [-0.3, -0.25) is 9.78 Å². The lowest BCUT2D eigenvalue weighted by Gasteiger charge is -2.27. The molecule has 1 unspecified atom stereocenters. The van der Waals surface area contributed by atoms with Gasteiger partial charge < -0.3 is 4.74 Å². The fourth-order valence-corrected chi connectivity index (χ4v) is 2.45. The van der Waals surface area contributed by atoms with Gasteiger partial charge in [0.2, 0.25) is 0 Å². The summed E-state index contributed by atoms with van der Waals surface area (Å²) < 4.78 is 5.36. The van der Waals surface area contributed by atoms with E-state index in [1.807, 2.05) is 57.2 Å². The molecule has 20 heavy (non-hydrogen) atoms. The maximum Gasteiger partial charge on any atom is 0.168 e. The molecule has 2 aromatic rings. The highest BCUT2D eigenvalue weighted by Crippen LogP contribution is 2.23. The summed E-state index contributed by atoms with van der Waals surface area (Å²) >= 11 is 0. The number of methoxy groups -OCH3 is 1. The van der Waals surface area contributed by atoms with E-state index in [0.717, 1.165) is 16.6 Å². The number of ketones is 1. The van der Waals surface area contributed by atoms with Crippen molar-refractivity contribution in [1.82, 2.24) is 4.98 Å². The van der Waals surface area contributed by atoms with E-state index < -0.39 is 6.10 Å². The van der Waals surface area contributed by atoms with E-state index >= 15 is 0 Å². The van der Waals surface area contributed by atoms with E-state index in [0.29, 0.717) is 6.42 Å². The first-order chi connectivity index (χ1) is 9.41. The summed E-state index contributed by atoms with van der Waals surface area (Å²) in [6, 6.07) is 11.8. The topological polar surface area (TPSA) is 39.2 Å². The molecule has 1 aromatic carbocycles. The number of fused-ring (bicyclic) bond motifs is 1. The lowest BCUT2D eigenvalue weighted by molar-refractivity contribution is -0.134. The molecule has 0 aliphatic rings. The Morgan fingerprint density at radius 2 is 1.90 bits per heavy atom. The van der Waals surface area contributed by atoms with Gasteiger partial charge in [0.05, 0.1) is 11.9 Å². The Morgan fingerprint density at radius 3 is 2.55 bits per heavy atom. The van der Waals surface area contributed by atoms with Gasteiger partial charge in [-0.15, -0.1) is 0 Å². The van der Waals surface area contributed by atoms with Crippen LogP contribution in [0.4, 0.5) is 0 Å². The summed E-state index contributed by atoms with van der Waals surface area (Å²) in [6.07, 6.45) is -0.101. The third-order valence-corrected chi connectivity index (χ3v) is 3.33. The normalized spacial score (nSPS) is 13.4. The fourth-order valence-electron chi connectivity index (χ4n) is 2.45. The summed E-state index contributed by atoms with van der Waals surface area (Å²) in [5.74, 6) is 0.0720. The zero-order chi connectivity index (χ0) is 14.8. The van der Waals surface area contributed by atoms with Crippen molar-refractivity contribution in [2.75, 3.05) is 7.11 Å². The lowest BCUT2D eigenvalue weighted by Crippen LogP contribution is -2.37. The van der Waals surface area contributed by atoms with Gasteiger partial charge in [-0.05, 0) is 17.5 Å². The molecule has 0 aliphatic carbocycles. The van der Waals surface area contributed by atoms with Gasteiger partial charge in [-0.1, -0.05) is 45.0 Å². The number of hydrogen-bond donors (Lipinski definition) is 0. The quantitative estimate of drug-likeness (QED) is 0.855. The van der Waals surface area contributed by atoms with Crippen LogP contribution in [0.2, 0.25) is 0 Å². The van der Waals surface area contributed by atoms with Crippen LogP contribution in [0.3, 0.4) is 0 Å². The Morgan fingerprint density at radius 1 is 1.20 bits per heavy atom. The van der Waals surface area contributed by atoms with Crippen molar-refractivity contribution in [1.29, 1.82) is 0 Å². The summed E-state index contributed by atoms with van der Waals surface area (Å²) in [5.41, 5.74) is 1.50. The average Bonchev–Trinajstić information content (AvgIpc) is 2.37. The second-order valence-electron chi connectivity index (χ2n) is 6.12. The van der Waals surface area contributed by atoms with Crippen LogP contribution in [0.5, 0.6) is 0 Å². The third-order valence-electron chi connectivity index (χ3n) is 3.33. The predicted octanol–water partition coefficient (Wildman–Crippen LogP) is 3.41. The molecular weight excluding hydrogens is 250 g/mol. The Hall–Kier alpha value is -1.74. The van der Waals surface area contributed by atoms with E-state index in [2.05, 4.69) is 4.98 Å². The second kappa shape index (κ2) is 5.71. The molecule has 0 fully saturated rings. The van der Waals surface area contributed by atoms with Crippen LogP contribution in [0, 0.1) is 5.41 Å². The number of aromatic nitrogens is 1. The smallest absolute Gasteiger partial charge is 0.168 e. The highest BCUT2D eigenvalue weighted by Gasteiger charge is 2.31. The molecule has 0 saturated carbocycles. The number of benzene rings is 1. The Bertz CT molecular complexity index is 614. The van der Waals surface area contributed by atoms with Gasteiger partial charge in [0.15, 0.2) is 5.78 Å². The van der Waals surface area contributed by atoms with Crippen LogP contribution in [0.1, 0.15) is 26.5 Å². The standard InChI is InChI=1S/C17H21NO2/c1-17(2,3)16(20-4)15(19)11-13-10-9-12-7-5-6-8-14(12)18-13/h5-10,16H,11H2,1-4H3. The molecule has 0 radical (unpaired) electrons. The number of carbonyl (C=O) groups is 1. The number of nitrogens with zero attached hydrogens (tertiary/aromatic N) is 1. The molecule has 2 rings (SSSR count). The van der Waals surface area contributed by atoms with Crippen molar-refractivity contribution in [3.63, 3.8) is 0 Å². The SMILES string of the molecule is COC(C(=O)Cc1ccc2ccccc2n1)C(C)(C)C. The first-order valence-electron chi connectivity index (χ1n) is 6.82. The van der Waals surface area contributed by atoms with Gasteiger partial charge in [0.1, 0.15) is 6.10 Å². The van der Waals surface area contributed by atoms with Crippen molar-refractivity contribution in [2.24, 2.45) is 5.41 Å². The van der Waals surface area contributed by atoms with Crippen LogP contribution in [0.15, 0.2) is 36.4 Å². The summed E-state index contributed by atoms with van der Waals surface area (Å²) in [5, 5.41) is 1.09. The molecule has 0 N–H and O–H groups in total. The van der Waals surface area contributed by atoms with Gasteiger partial charge in [-0.2, -0.15) is 0 Å². The summed E-state index contributed by atoms with van der Waals surface area (Å²) in [7, 11) is 1.58. The Kier molecular flexibility index (Phi) is 4.19. The highest BCUT2D eigenvalue weighted by atomic mass is 16.5. The number of para-hydroxylation sites is 1. The molecular formula is C17H21NO2. The zero-order valence-corrected chi connectivity index (χ0v) is 12.5. The van der Waals surface area contributed by atoms with E-state index in [1.165, 1.54) is 0 Å². The Labute approximate surface area is 120 Å². The molecule has 3 nitrogen and oxygen atoms in total. The van der Waals surface area contributed by atoms with Crippen molar-refractivity contribution in [3.05, 3.63) is 42.1 Å². The minimum Gasteiger partial charge on any atom is -0.373 e. The van der Waals surface area contributed by atoms with Crippen molar-refractivity contribution >= 4 is 16.7 Å². The van der Waals surface area contributed by atoms with Crippen molar-refractivity contribution in [2.45, 2.75) is 33.3 Å². The van der Waals surface area contributed by atoms with Gasteiger partial charge in [0, 0.05) is 18.2 Å². The van der Waals surface area contributed by atoms with Crippen LogP contribution in [0.25, 0.3) is 10.9 Å². The molecule has 0 aliphatic heterocycles. The summed E-state index contributed by atoms with van der Waals surface area (Å²) in [4.78, 5) is 16.9. The minimum atomic E-state index is -0.407. The van der Waals surface area contributed by atoms with Crippen LogP contribution in [-0.2, 0) is 16.0 Å². The number of carbonyl (C=O) groups excluding carboxylic acids is 1. The molecule has 0 bridgehead atoms. The van der Waals surface area contributed by atoms with Crippen molar-refractivity contribution in [3.8, 4) is 0 Å². The average molecular weight is 271 g/mol. The van der Waals surface area contributed by atoms with E-state index in [4.69, 9.17) is 4.74 Å². The van der Waals surface area contributed by atoms with Gasteiger partial charge in [0.25, 0.3) is 0 Å². The van der Waals surface area contributed by atoms with Crippen LogP contribution < -0.4 is 0 Å². The van der Waals surface area contributed by atoms with Gasteiger partial charge >= 0.3 is 0 Å². The molecule has 0 saturated heterocycles. The number of pyridine rings is 1. The highest BCUT2D eigenvalue weighted by molar-refractivity contribution is 5.86. The molecule has 1 atom stereocenters. The molecule has 0 amide bonds. The second-order valence-corrected chi connectivity index (χ2v) is 6.12. The van der Waals surface area contributed by atoms with Crippen LogP contribution in [-0.4, -0.2) is 24.0 Å². The van der Waals surface area contributed by atoms with E-state index in [1.54, 1.807) is 7.11 Å². The fraction of sp³-hybridized carbons (Fsp3) is 0.412. The molecule has 106 valence electrons. The molecule has 0 spiro atoms. The molecule has 1 aromatic heterocycles. The number of ether oxygens (including phenoxy) is 1. The number of hydrogen-bond acceptors (Lipinski definition) is 3. The first kappa shape index (κ1) is 14.7. The first-order valence-corrected chi connectivity index (χ1v) is 6.82. The van der Waals surface area contributed by atoms with Crippen LogP contribution >= 0.6 is 0 Å². The van der Waals surface area contributed by atoms with E-state index in [9.17, 15) is 4.79 Å². The number of rotatable bonds is 4. The third kappa shape index (κ3) is 3.23. The zero-order valence-electron chi connectivity index (χ0n) is 12.5. The lowest BCUT2D eigenvalue weighted by atomic mass is 9.85. The van der Waals surface area contributed by atoms with Crippen molar-refractivity contribution < 1.29 is 9.53 Å². The molecule has 1 heterocycles. The maximum absolute atomic E-state index is 12.4. The Balaban J connectivity index is 2.21. The van der Waals surface area contributed by atoms with E-state index in [-0.39, 0.29) is 11.2 Å². The summed E-state index contributed by atoms with van der Waals surface area (Å²) in [6.45, 7) is 6.02. The maximum atomic E-state index is 12.4. The van der Waals surface area contributed by atoms with Gasteiger partial charge in [-0.25, -0.2) is 0 Å². The number of Topliss-reactive ketones (excluding diaryl/α,β-unsaturated/α-hetero) is 1.